The number of fused-ring (bicyclic) bond motifs is 1. The maximum atomic E-state index is 13.3. The summed E-state index contributed by atoms with van der Waals surface area (Å²) >= 11 is 6.17. The number of carbonyl (C=O) groups is 2. The minimum Gasteiger partial charge on any atom is -0.375 e. The van der Waals surface area contributed by atoms with Gasteiger partial charge in [0.2, 0.25) is 0 Å². The monoisotopic (exact) mass is 419 g/mol. The summed E-state index contributed by atoms with van der Waals surface area (Å²) in [5.74, 6) is -0.803. The van der Waals surface area contributed by atoms with Crippen LogP contribution in [0.3, 0.4) is 0 Å². The SMILES string of the molecule is CCc1ccc(C(=O)CC2(O)C(=O)N(Cc3ccccc3)c3ccc(Cl)cc32)cc1. The van der Waals surface area contributed by atoms with Gasteiger partial charge in [0.15, 0.2) is 11.4 Å². The fourth-order valence-electron chi connectivity index (χ4n) is 3.88. The lowest BCUT2D eigenvalue weighted by molar-refractivity contribution is -0.136. The van der Waals surface area contributed by atoms with Crippen molar-refractivity contribution in [3.8, 4) is 0 Å². The van der Waals surface area contributed by atoms with Gasteiger partial charge < -0.3 is 10.0 Å². The first-order valence-electron chi connectivity index (χ1n) is 9.93. The molecule has 1 amide bonds. The van der Waals surface area contributed by atoms with Gasteiger partial charge in [-0.05, 0) is 35.7 Å². The second kappa shape index (κ2) is 8.05. The van der Waals surface area contributed by atoms with E-state index >= 15 is 0 Å². The van der Waals surface area contributed by atoms with E-state index in [4.69, 9.17) is 11.6 Å². The van der Waals surface area contributed by atoms with E-state index in [0.29, 0.717) is 28.4 Å². The van der Waals surface area contributed by atoms with Crippen LogP contribution in [0.1, 0.15) is 40.4 Å². The van der Waals surface area contributed by atoms with E-state index in [1.54, 1.807) is 30.3 Å². The molecule has 3 aromatic carbocycles. The van der Waals surface area contributed by atoms with E-state index < -0.39 is 11.5 Å². The number of aliphatic hydroxyl groups is 1. The van der Waals surface area contributed by atoms with Crippen LogP contribution in [0.5, 0.6) is 0 Å². The molecule has 1 atom stereocenters. The van der Waals surface area contributed by atoms with E-state index in [-0.39, 0.29) is 12.2 Å². The largest absolute Gasteiger partial charge is 0.375 e. The van der Waals surface area contributed by atoms with Crippen molar-refractivity contribution in [1.29, 1.82) is 0 Å². The number of hydrogen-bond donors (Lipinski definition) is 1. The van der Waals surface area contributed by atoms with Gasteiger partial charge in [0, 0.05) is 16.1 Å². The second-order valence-electron chi connectivity index (χ2n) is 7.55. The molecule has 5 heteroatoms. The average Bonchev–Trinajstić information content (AvgIpc) is 2.96. The fraction of sp³-hybridized carbons (Fsp3) is 0.200. The van der Waals surface area contributed by atoms with Crippen LogP contribution in [-0.2, 0) is 23.4 Å². The minimum atomic E-state index is -1.95. The summed E-state index contributed by atoms with van der Waals surface area (Å²) in [6.07, 6.45) is 0.535. The molecule has 1 heterocycles. The Morgan fingerprint density at radius 3 is 2.37 bits per heavy atom. The first kappa shape index (κ1) is 20.3. The van der Waals surface area contributed by atoms with E-state index in [2.05, 4.69) is 0 Å². The van der Waals surface area contributed by atoms with Gasteiger partial charge in [-0.15, -0.1) is 0 Å². The molecule has 0 bridgehead atoms. The van der Waals surface area contributed by atoms with Crippen LogP contribution in [0.25, 0.3) is 0 Å². The molecule has 0 saturated carbocycles. The van der Waals surface area contributed by atoms with Gasteiger partial charge in [-0.25, -0.2) is 0 Å². The number of halogens is 1. The first-order chi connectivity index (χ1) is 14.4. The van der Waals surface area contributed by atoms with E-state index in [1.165, 1.54) is 4.90 Å². The van der Waals surface area contributed by atoms with Crippen molar-refractivity contribution in [2.45, 2.75) is 31.9 Å². The zero-order valence-electron chi connectivity index (χ0n) is 16.6. The van der Waals surface area contributed by atoms with Crippen molar-refractivity contribution in [2.24, 2.45) is 0 Å². The molecule has 4 nitrogen and oxygen atoms in total. The number of Topliss-reactive ketones (excluding diaryl/α,β-unsaturated/α-hetero) is 1. The summed E-state index contributed by atoms with van der Waals surface area (Å²) in [6, 6.07) is 21.8. The Hall–Kier alpha value is -2.95. The van der Waals surface area contributed by atoms with Gasteiger partial charge in [-0.1, -0.05) is 73.1 Å². The van der Waals surface area contributed by atoms with Gasteiger partial charge in [-0.2, -0.15) is 0 Å². The Morgan fingerprint density at radius 1 is 1.00 bits per heavy atom. The molecule has 0 spiro atoms. The van der Waals surface area contributed by atoms with Crippen molar-refractivity contribution in [3.05, 3.63) is 100 Å². The van der Waals surface area contributed by atoms with Gasteiger partial charge in [0.1, 0.15) is 0 Å². The summed E-state index contributed by atoms with van der Waals surface area (Å²) in [5.41, 5.74) is 1.51. The Labute approximate surface area is 180 Å². The van der Waals surface area contributed by atoms with Crippen molar-refractivity contribution in [3.63, 3.8) is 0 Å². The number of ketones is 1. The molecule has 0 saturated heterocycles. The van der Waals surface area contributed by atoms with Crippen molar-refractivity contribution in [1.82, 2.24) is 0 Å². The lowest BCUT2D eigenvalue weighted by Crippen LogP contribution is -2.41. The predicted molar refractivity (Wildman–Crippen MR) is 118 cm³/mol. The molecule has 1 unspecified atom stereocenters. The molecule has 30 heavy (non-hydrogen) atoms. The molecular formula is C25H22ClNO3. The Bertz CT molecular complexity index is 1100. The number of nitrogens with zero attached hydrogens (tertiary/aromatic N) is 1. The number of benzene rings is 3. The second-order valence-corrected chi connectivity index (χ2v) is 7.99. The van der Waals surface area contributed by atoms with Crippen LogP contribution >= 0.6 is 11.6 Å². The summed E-state index contributed by atoms with van der Waals surface area (Å²) in [5, 5.41) is 11.9. The maximum absolute atomic E-state index is 13.3. The van der Waals surface area contributed by atoms with Crippen molar-refractivity contribution in [2.75, 3.05) is 4.90 Å². The highest BCUT2D eigenvalue weighted by Gasteiger charge is 2.51. The third kappa shape index (κ3) is 3.64. The molecule has 3 aromatic rings. The first-order valence-corrected chi connectivity index (χ1v) is 10.3. The Morgan fingerprint density at radius 2 is 1.70 bits per heavy atom. The molecule has 4 rings (SSSR count). The van der Waals surface area contributed by atoms with Gasteiger partial charge >= 0.3 is 0 Å². The average molecular weight is 420 g/mol. The van der Waals surface area contributed by atoms with Crippen molar-refractivity contribution < 1.29 is 14.7 Å². The third-order valence-electron chi connectivity index (χ3n) is 5.58. The highest BCUT2D eigenvalue weighted by molar-refractivity contribution is 6.31. The highest BCUT2D eigenvalue weighted by atomic mass is 35.5. The Balaban J connectivity index is 1.68. The third-order valence-corrected chi connectivity index (χ3v) is 5.81. The van der Waals surface area contributed by atoms with Crippen LogP contribution in [0.4, 0.5) is 5.69 Å². The number of amides is 1. The summed E-state index contributed by atoms with van der Waals surface area (Å²) in [6.45, 7) is 2.34. The van der Waals surface area contributed by atoms with Crippen LogP contribution in [0, 0.1) is 0 Å². The topological polar surface area (TPSA) is 57.6 Å². The number of carbonyl (C=O) groups excluding carboxylic acids is 2. The van der Waals surface area contributed by atoms with Gasteiger partial charge in [0.25, 0.3) is 5.91 Å². The zero-order chi connectivity index (χ0) is 21.3. The lowest BCUT2D eigenvalue weighted by atomic mass is 9.88. The summed E-state index contributed by atoms with van der Waals surface area (Å²) < 4.78 is 0. The molecule has 1 aliphatic rings. The summed E-state index contributed by atoms with van der Waals surface area (Å²) in [7, 11) is 0. The standard InChI is InChI=1S/C25H22ClNO3/c1-2-17-8-10-19(11-9-17)23(28)15-25(30)21-14-20(26)12-13-22(21)27(24(25)29)16-18-6-4-3-5-7-18/h3-14,30H,2,15-16H2,1H3. The van der Waals surface area contributed by atoms with Crippen LogP contribution < -0.4 is 4.90 Å². The Kier molecular flexibility index (Phi) is 5.46. The number of aryl methyl sites for hydroxylation is 1. The van der Waals surface area contributed by atoms with Crippen LogP contribution in [-0.4, -0.2) is 16.8 Å². The number of rotatable bonds is 6. The normalized spacial score (nSPS) is 17.8. The molecule has 152 valence electrons. The molecule has 1 aliphatic heterocycles. The van der Waals surface area contributed by atoms with Crippen LogP contribution in [0.2, 0.25) is 5.02 Å². The number of anilines is 1. The molecular weight excluding hydrogens is 398 g/mol. The van der Waals surface area contributed by atoms with Crippen LogP contribution in [0.15, 0.2) is 72.8 Å². The molecule has 1 N–H and O–H groups in total. The maximum Gasteiger partial charge on any atom is 0.264 e. The van der Waals surface area contributed by atoms with Crippen molar-refractivity contribution >= 4 is 29.0 Å². The molecule has 0 aliphatic carbocycles. The minimum absolute atomic E-state index is 0.291. The number of hydrogen-bond acceptors (Lipinski definition) is 3. The molecule has 0 radical (unpaired) electrons. The zero-order valence-corrected chi connectivity index (χ0v) is 17.4. The smallest absolute Gasteiger partial charge is 0.264 e. The van der Waals surface area contributed by atoms with E-state index in [1.807, 2.05) is 49.4 Å². The molecule has 0 aromatic heterocycles. The summed E-state index contributed by atoms with van der Waals surface area (Å²) in [4.78, 5) is 27.8. The quantitative estimate of drug-likeness (QED) is 0.577. The highest BCUT2D eigenvalue weighted by Crippen LogP contribution is 2.44. The molecule has 0 fully saturated rings. The fourth-order valence-corrected chi connectivity index (χ4v) is 4.05. The lowest BCUT2D eigenvalue weighted by Gasteiger charge is -2.23. The predicted octanol–water partition coefficient (Wildman–Crippen LogP) is 4.91. The van der Waals surface area contributed by atoms with E-state index in [0.717, 1.165) is 17.5 Å². The van der Waals surface area contributed by atoms with Gasteiger partial charge in [-0.3, -0.25) is 9.59 Å². The van der Waals surface area contributed by atoms with Gasteiger partial charge in [0.05, 0.1) is 18.7 Å². The van der Waals surface area contributed by atoms with E-state index in [9.17, 15) is 14.7 Å².